The number of carbonyl (C=O) groups is 1. The molecule has 0 aromatic rings. The third kappa shape index (κ3) is 1.64. The second kappa shape index (κ2) is 3.51. The van der Waals surface area contributed by atoms with Crippen molar-refractivity contribution in [2.75, 3.05) is 20.2 Å². The van der Waals surface area contributed by atoms with Gasteiger partial charge in [-0.15, -0.1) is 0 Å². The molecule has 2 N–H and O–H groups in total. The fraction of sp³-hybridized carbons (Fsp3) is 0.900. The zero-order chi connectivity index (χ0) is 10.2. The molecule has 0 bridgehead atoms. The summed E-state index contributed by atoms with van der Waals surface area (Å²) in [5, 5.41) is 0. The van der Waals surface area contributed by atoms with Crippen molar-refractivity contribution >= 4 is 5.91 Å². The summed E-state index contributed by atoms with van der Waals surface area (Å²) in [7, 11) is 1.74. The highest BCUT2D eigenvalue weighted by Crippen LogP contribution is 2.36. The number of amides is 1. The van der Waals surface area contributed by atoms with E-state index < -0.39 is 0 Å². The lowest BCUT2D eigenvalue weighted by atomic mass is 9.79. The van der Waals surface area contributed by atoms with Gasteiger partial charge in [-0.2, -0.15) is 0 Å². The number of hydrogen-bond donors (Lipinski definition) is 1. The van der Waals surface area contributed by atoms with Crippen LogP contribution in [0.5, 0.6) is 0 Å². The third-order valence-electron chi connectivity index (χ3n) is 3.42. The molecule has 0 spiro atoms. The first-order valence-corrected chi connectivity index (χ1v) is 5.24. The zero-order valence-corrected chi connectivity index (χ0v) is 8.66. The summed E-state index contributed by atoms with van der Waals surface area (Å²) in [4.78, 5) is 13.4. The molecule has 2 aliphatic rings. The summed E-state index contributed by atoms with van der Waals surface area (Å²) >= 11 is 0. The van der Waals surface area contributed by atoms with Crippen molar-refractivity contribution in [2.24, 2.45) is 5.73 Å². The van der Waals surface area contributed by atoms with Gasteiger partial charge >= 0.3 is 0 Å². The molecular weight excluding hydrogens is 180 g/mol. The monoisotopic (exact) mass is 198 g/mol. The number of carbonyl (C=O) groups excluding carboxylic acids is 1. The predicted octanol–water partition coefficient (Wildman–Crippen LogP) is 0.115. The second-order valence-corrected chi connectivity index (χ2v) is 4.48. The Kier molecular flexibility index (Phi) is 2.49. The molecule has 1 unspecified atom stereocenters. The number of methoxy groups -OCH3 is 1. The van der Waals surface area contributed by atoms with Gasteiger partial charge in [0.1, 0.15) is 0 Å². The molecule has 1 aliphatic heterocycles. The van der Waals surface area contributed by atoms with E-state index in [1.165, 1.54) is 6.42 Å². The van der Waals surface area contributed by atoms with Crippen molar-refractivity contribution in [3.8, 4) is 0 Å². The second-order valence-electron chi connectivity index (χ2n) is 4.48. The van der Waals surface area contributed by atoms with Crippen LogP contribution in [0.2, 0.25) is 0 Å². The van der Waals surface area contributed by atoms with Gasteiger partial charge < -0.3 is 15.4 Å². The third-order valence-corrected chi connectivity index (χ3v) is 3.42. The maximum atomic E-state index is 11.5. The highest BCUT2D eigenvalue weighted by Gasteiger charge is 2.41. The Morgan fingerprint density at radius 2 is 2.36 bits per heavy atom. The molecule has 1 aliphatic carbocycles. The van der Waals surface area contributed by atoms with E-state index in [1.54, 1.807) is 7.11 Å². The number of ether oxygens (including phenoxy) is 1. The Labute approximate surface area is 84.4 Å². The topological polar surface area (TPSA) is 55.6 Å². The van der Waals surface area contributed by atoms with Crippen LogP contribution in [-0.2, 0) is 9.53 Å². The number of nitrogens with two attached hydrogens (primary N) is 1. The minimum Gasteiger partial charge on any atom is -0.376 e. The fourth-order valence-electron chi connectivity index (χ4n) is 2.30. The molecule has 1 saturated carbocycles. The van der Waals surface area contributed by atoms with E-state index in [0.717, 1.165) is 19.4 Å². The summed E-state index contributed by atoms with van der Waals surface area (Å²) in [6.45, 7) is 1.43. The Balaban J connectivity index is 1.93. The predicted molar refractivity (Wildman–Crippen MR) is 52.8 cm³/mol. The molecule has 4 heteroatoms. The van der Waals surface area contributed by atoms with E-state index in [2.05, 4.69) is 0 Å². The first-order chi connectivity index (χ1) is 6.65. The summed E-state index contributed by atoms with van der Waals surface area (Å²) in [6, 6.07) is 0.0245. The van der Waals surface area contributed by atoms with Gasteiger partial charge in [0.25, 0.3) is 0 Å². The van der Waals surface area contributed by atoms with Crippen molar-refractivity contribution in [2.45, 2.75) is 37.3 Å². The van der Waals surface area contributed by atoms with Crippen LogP contribution in [0.3, 0.4) is 0 Å². The van der Waals surface area contributed by atoms with E-state index >= 15 is 0 Å². The Morgan fingerprint density at radius 3 is 2.71 bits per heavy atom. The number of nitrogens with zero attached hydrogens (tertiary/aromatic N) is 1. The summed E-state index contributed by atoms with van der Waals surface area (Å²) in [6.07, 6.45) is 3.85. The molecule has 0 aromatic heterocycles. The SMILES string of the molecule is COC1(CN2CC(N)CC2=O)CCC1. The molecule has 14 heavy (non-hydrogen) atoms. The van der Waals surface area contributed by atoms with Crippen LogP contribution in [0.4, 0.5) is 0 Å². The van der Waals surface area contributed by atoms with E-state index in [1.807, 2.05) is 4.90 Å². The summed E-state index contributed by atoms with van der Waals surface area (Å²) < 4.78 is 5.48. The van der Waals surface area contributed by atoms with E-state index in [4.69, 9.17) is 10.5 Å². The van der Waals surface area contributed by atoms with Crippen LogP contribution in [-0.4, -0.2) is 42.6 Å². The van der Waals surface area contributed by atoms with Crippen LogP contribution in [0.15, 0.2) is 0 Å². The zero-order valence-electron chi connectivity index (χ0n) is 8.66. The van der Waals surface area contributed by atoms with Gasteiger partial charge in [0, 0.05) is 32.7 Å². The van der Waals surface area contributed by atoms with Gasteiger partial charge in [-0.05, 0) is 19.3 Å². The quantitative estimate of drug-likeness (QED) is 0.700. The normalized spacial score (nSPS) is 30.6. The van der Waals surface area contributed by atoms with Crippen LogP contribution in [0.25, 0.3) is 0 Å². The number of hydrogen-bond acceptors (Lipinski definition) is 3. The summed E-state index contributed by atoms with van der Waals surface area (Å²) in [5.74, 6) is 0.181. The number of rotatable bonds is 3. The van der Waals surface area contributed by atoms with Crippen molar-refractivity contribution < 1.29 is 9.53 Å². The van der Waals surface area contributed by atoms with Gasteiger partial charge in [-0.3, -0.25) is 4.79 Å². The molecular formula is C10H18N2O2. The van der Waals surface area contributed by atoms with Crippen molar-refractivity contribution in [1.29, 1.82) is 0 Å². The molecule has 2 rings (SSSR count). The van der Waals surface area contributed by atoms with Crippen molar-refractivity contribution in [3.63, 3.8) is 0 Å². The minimum absolute atomic E-state index is 0.0245. The molecule has 1 amide bonds. The lowest BCUT2D eigenvalue weighted by molar-refractivity contribution is -0.136. The van der Waals surface area contributed by atoms with Crippen molar-refractivity contribution in [3.05, 3.63) is 0 Å². The first kappa shape index (κ1) is 9.93. The molecule has 0 aromatic carbocycles. The smallest absolute Gasteiger partial charge is 0.224 e. The molecule has 4 nitrogen and oxygen atoms in total. The molecule has 1 heterocycles. The van der Waals surface area contributed by atoms with E-state index in [9.17, 15) is 4.79 Å². The van der Waals surface area contributed by atoms with Crippen molar-refractivity contribution in [1.82, 2.24) is 4.90 Å². The van der Waals surface area contributed by atoms with Gasteiger partial charge in [0.2, 0.25) is 5.91 Å². The lowest BCUT2D eigenvalue weighted by Gasteiger charge is -2.42. The lowest BCUT2D eigenvalue weighted by Crippen LogP contribution is -2.50. The van der Waals surface area contributed by atoms with Crippen LogP contribution >= 0.6 is 0 Å². The van der Waals surface area contributed by atoms with E-state index in [-0.39, 0.29) is 17.6 Å². The average Bonchev–Trinajstić information content (AvgIpc) is 2.38. The maximum absolute atomic E-state index is 11.5. The molecule has 1 saturated heterocycles. The first-order valence-electron chi connectivity index (χ1n) is 5.24. The number of likely N-dealkylation sites (tertiary alicyclic amines) is 1. The Hall–Kier alpha value is -0.610. The van der Waals surface area contributed by atoms with Crippen LogP contribution in [0.1, 0.15) is 25.7 Å². The Morgan fingerprint density at radius 1 is 1.64 bits per heavy atom. The standard InChI is InChI=1S/C10H18N2O2/c1-14-10(3-2-4-10)7-12-6-8(11)5-9(12)13/h8H,2-7,11H2,1H3. The molecule has 0 radical (unpaired) electrons. The highest BCUT2D eigenvalue weighted by atomic mass is 16.5. The summed E-state index contributed by atoms with van der Waals surface area (Å²) in [5.41, 5.74) is 5.68. The molecule has 1 atom stereocenters. The van der Waals surface area contributed by atoms with Gasteiger partial charge in [-0.1, -0.05) is 0 Å². The van der Waals surface area contributed by atoms with Gasteiger partial charge in [0.05, 0.1) is 5.60 Å². The molecule has 80 valence electrons. The van der Waals surface area contributed by atoms with Crippen LogP contribution < -0.4 is 5.73 Å². The Bertz CT molecular complexity index is 233. The molecule has 2 fully saturated rings. The fourth-order valence-corrected chi connectivity index (χ4v) is 2.30. The minimum atomic E-state index is -0.0558. The van der Waals surface area contributed by atoms with Crippen LogP contribution in [0, 0.1) is 0 Å². The largest absolute Gasteiger partial charge is 0.376 e. The average molecular weight is 198 g/mol. The van der Waals surface area contributed by atoms with E-state index in [0.29, 0.717) is 13.0 Å². The van der Waals surface area contributed by atoms with Gasteiger partial charge in [0.15, 0.2) is 0 Å². The highest BCUT2D eigenvalue weighted by molar-refractivity contribution is 5.79. The van der Waals surface area contributed by atoms with Gasteiger partial charge in [-0.25, -0.2) is 0 Å². The maximum Gasteiger partial charge on any atom is 0.224 e.